The maximum absolute atomic E-state index is 12.4. The van der Waals surface area contributed by atoms with Crippen LogP contribution in [0, 0.1) is 0 Å². The maximum atomic E-state index is 12.4. The quantitative estimate of drug-likeness (QED) is 0.853. The molecule has 0 saturated carbocycles. The SMILES string of the molecule is O=C1COC2(CCCN(Cc3ccccn3)CC2)CN1c1ccccc1. The molecule has 0 N–H and O–H groups in total. The van der Waals surface area contributed by atoms with Crippen molar-refractivity contribution >= 4 is 11.6 Å². The predicted molar refractivity (Wildman–Crippen MR) is 101 cm³/mol. The fourth-order valence-electron chi connectivity index (χ4n) is 3.96. The van der Waals surface area contributed by atoms with Crippen LogP contribution in [0.5, 0.6) is 0 Å². The van der Waals surface area contributed by atoms with Crippen molar-refractivity contribution in [1.29, 1.82) is 0 Å². The van der Waals surface area contributed by atoms with Crippen LogP contribution >= 0.6 is 0 Å². The van der Waals surface area contributed by atoms with Crippen molar-refractivity contribution in [3.8, 4) is 0 Å². The number of likely N-dealkylation sites (tertiary alicyclic amines) is 1. The molecule has 3 heterocycles. The Labute approximate surface area is 154 Å². The Balaban J connectivity index is 1.44. The number of rotatable bonds is 3. The van der Waals surface area contributed by atoms with Crippen molar-refractivity contribution in [2.24, 2.45) is 0 Å². The number of hydrogen-bond donors (Lipinski definition) is 0. The molecule has 0 aliphatic carbocycles. The molecular weight excluding hydrogens is 326 g/mol. The number of aromatic nitrogens is 1. The lowest BCUT2D eigenvalue weighted by molar-refractivity contribution is -0.140. The summed E-state index contributed by atoms with van der Waals surface area (Å²) in [6.45, 7) is 3.70. The van der Waals surface area contributed by atoms with Crippen molar-refractivity contribution in [2.75, 3.05) is 31.1 Å². The second-order valence-corrected chi connectivity index (χ2v) is 7.24. The summed E-state index contributed by atoms with van der Waals surface area (Å²) in [6.07, 6.45) is 4.85. The van der Waals surface area contributed by atoms with Crippen LogP contribution in [-0.2, 0) is 16.1 Å². The lowest BCUT2D eigenvalue weighted by Gasteiger charge is -2.42. The Morgan fingerprint density at radius 3 is 2.69 bits per heavy atom. The maximum Gasteiger partial charge on any atom is 0.253 e. The molecule has 5 nitrogen and oxygen atoms in total. The molecule has 2 saturated heterocycles. The van der Waals surface area contributed by atoms with Crippen LogP contribution in [0.2, 0.25) is 0 Å². The van der Waals surface area contributed by atoms with E-state index in [9.17, 15) is 4.79 Å². The summed E-state index contributed by atoms with van der Waals surface area (Å²) >= 11 is 0. The Morgan fingerprint density at radius 1 is 1.04 bits per heavy atom. The summed E-state index contributed by atoms with van der Waals surface area (Å²) < 4.78 is 6.12. The minimum absolute atomic E-state index is 0.0522. The molecule has 1 unspecified atom stereocenters. The lowest BCUT2D eigenvalue weighted by atomic mass is 9.92. The van der Waals surface area contributed by atoms with Crippen LogP contribution < -0.4 is 4.90 Å². The van der Waals surface area contributed by atoms with Gasteiger partial charge in [0.15, 0.2) is 0 Å². The average Bonchev–Trinajstić information content (AvgIpc) is 2.88. The summed E-state index contributed by atoms with van der Waals surface area (Å²) in [5.41, 5.74) is 1.84. The number of anilines is 1. The summed E-state index contributed by atoms with van der Waals surface area (Å²) in [4.78, 5) is 21.2. The third-order valence-corrected chi connectivity index (χ3v) is 5.42. The number of benzene rings is 1. The Bertz CT molecular complexity index is 737. The zero-order chi connectivity index (χ0) is 17.8. The third-order valence-electron chi connectivity index (χ3n) is 5.42. The highest BCUT2D eigenvalue weighted by Gasteiger charge is 2.41. The van der Waals surface area contributed by atoms with Gasteiger partial charge in [-0.2, -0.15) is 0 Å². The van der Waals surface area contributed by atoms with Crippen molar-refractivity contribution in [2.45, 2.75) is 31.4 Å². The van der Waals surface area contributed by atoms with Crippen molar-refractivity contribution in [1.82, 2.24) is 9.88 Å². The first-order valence-corrected chi connectivity index (χ1v) is 9.36. The number of ether oxygens (including phenoxy) is 1. The van der Waals surface area contributed by atoms with E-state index in [0.717, 1.165) is 50.3 Å². The Hall–Kier alpha value is -2.24. The number of para-hydroxylation sites is 1. The minimum atomic E-state index is -0.234. The number of morpholine rings is 1. The highest BCUT2D eigenvalue weighted by atomic mass is 16.5. The Morgan fingerprint density at radius 2 is 1.88 bits per heavy atom. The molecule has 1 amide bonds. The van der Waals surface area contributed by atoms with Crippen LogP contribution in [0.4, 0.5) is 5.69 Å². The van der Waals surface area contributed by atoms with E-state index < -0.39 is 0 Å². The van der Waals surface area contributed by atoms with Gasteiger partial charge >= 0.3 is 0 Å². The van der Waals surface area contributed by atoms with Gasteiger partial charge < -0.3 is 9.64 Å². The molecule has 2 aliphatic heterocycles. The van der Waals surface area contributed by atoms with Gasteiger partial charge in [0, 0.05) is 25.0 Å². The molecule has 1 atom stereocenters. The van der Waals surface area contributed by atoms with Crippen molar-refractivity contribution in [3.63, 3.8) is 0 Å². The number of carbonyl (C=O) groups excluding carboxylic acids is 1. The zero-order valence-electron chi connectivity index (χ0n) is 15.0. The van der Waals surface area contributed by atoms with Crippen LogP contribution in [0.1, 0.15) is 25.0 Å². The summed E-state index contributed by atoms with van der Waals surface area (Å²) in [7, 11) is 0. The van der Waals surface area contributed by atoms with Gasteiger partial charge in [-0.1, -0.05) is 24.3 Å². The zero-order valence-corrected chi connectivity index (χ0v) is 15.0. The number of hydrogen-bond acceptors (Lipinski definition) is 4. The van der Waals surface area contributed by atoms with Gasteiger partial charge in [0.2, 0.25) is 0 Å². The van der Waals surface area contributed by atoms with Crippen LogP contribution in [0.15, 0.2) is 54.7 Å². The molecule has 1 aromatic heterocycles. The van der Waals surface area contributed by atoms with Crippen molar-refractivity contribution < 1.29 is 9.53 Å². The molecule has 0 radical (unpaired) electrons. The van der Waals surface area contributed by atoms with E-state index in [1.165, 1.54) is 0 Å². The first kappa shape index (κ1) is 17.2. The van der Waals surface area contributed by atoms with E-state index >= 15 is 0 Å². The topological polar surface area (TPSA) is 45.7 Å². The van der Waals surface area contributed by atoms with E-state index in [1.54, 1.807) is 0 Å². The second-order valence-electron chi connectivity index (χ2n) is 7.24. The van der Waals surface area contributed by atoms with E-state index in [4.69, 9.17) is 4.74 Å². The van der Waals surface area contributed by atoms with Gasteiger partial charge in [-0.25, -0.2) is 0 Å². The monoisotopic (exact) mass is 351 g/mol. The van der Waals surface area contributed by atoms with E-state index in [0.29, 0.717) is 6.54 Å². The normalized spacial score (nSPS) is 24.6. The standard InChI is InChI=1S/C21H25N3O2/c25-20-16-26-21(17-24(20)19-8-2-1-3-9-19)10-6-13-23(14-11-21)15-18-7-4-5-12-22-18/h1-5,7-9,12H,6,10-11,13-17H2. The first-order valence-electron chi connectivity index (χ1n) is 9.36. The fourth-order valence-corrected chi connectivity index (χ4v) is 3.96. The van der Waals surface area contributed by atoms with Gasteiger partial charge in [0.25, 0.3) is 5.91 Å². The molecule has 0 bridgehead atoms. The molecule has 2 fully saturated rings. The van der Waals surface area contributed by atoms with Gasteiger partial charge in [-0.15, -0.1) is 0 Å². The highest BCUT2D eigenvalue weighted by Crippen LogP contribution is 2.33. The van der Waals surface area contributed by atoms with Crippen LogP contribution in [0.3, 0.4) is 0 Å². The number of carbonyl (C=O) groups is 1. The summed E-state index contributed by atoms with van der Waals surface area (Å²) in [6, 6.07) is 16.0. The minimum Gasteiger partial charge on any atom is -0.363 e. The molecule has 1 spiro atoms. The smallest absolute Gasteiger partial charge is 0.253 e. The van der Waals surface area contributed by atoms with Gasteiger partial charge in [-0.3, -0.25) is 14.7 Å². The van der Waals surface area contributed by atoms with Crippen LogP contribution in [0.25, 0.3) is 0 Å². The molecule has 5 heteroatoms. The van der Waals surface area contributed by atoms with E-state index in [1.807, 2.05) is 53.6 Å². The number of amides is 1. The van der Waals surface area contributed by atoms with Gasteiger partial charge in [0.05, 0.1) is 17.8 Å². The fraction of sp³-hybridized carbons (Fsp3) is 0.429. The largest absolute Gasteiger partial charge is 0.363 e. The molecule has 4 rings (SSSR count). The van der Waals surface area contributed by atoms with Crippen molar-refractivity contribution in [3.05, 3.63) is 60.4 Å². The van der Waals surface area contributed by atoms with Crippen LogP contribution in [-0.4, -0.2) is 47.6 Å². The molecule has 2 aliphatic rings. The number of nitrogens with zero attached hydrogens (tertiary/aromatic N) is 3. The van der Waals surface area contributed by atoms with E-state index in [2.05, 4.69) is 16.0 Å². The summed E-state index contributed by atoms with van der Waals surface area (Å²) in [5, 5.41) is 0. The molecule has 26 heavy (non-hydrogen) atoms. The predicted octanol–water partition coefficient (Wildman–Crippen LogP) is 2.87. The third kappa shape index (κ3) is 3.79. The lowest BCUT2D eigenvalue weighted by Crippen LogP contribution is -2.55. The van der Waals surface area contributed by atoms with E-state index in [-0.39, 0.29) is 18.1 Å². The molecule has 1 aromatic carbocycles. The van der Waals surface area contributed by atoms with Gasteiger partial charge in [-0.05, 0) is 50.1 Å². The average molecular weight is 351 g/mol. The second kappa shape index (κ2) is 7.56. The Kier molecular flexibility index (Phi) is 5.00. The summed E-state index contributed by atoms with van der Waals surface area (Å²) in [5.74, 6) is 0.0522. The highest BCUT2D eigenvalue weighted by molar-refractivity contribution is 5.95. The number of pyridine rings is 1. The molecule has 136 valence electrons. The van der Waals surface area contributed by atoms with Gasteiger partial charge in [0.1, 0.15) is 6.61 Å². The molecular formula is C21H25N3O2. The first-order chi connectivity index (χ1) is 12.7. The molecule has 2 aromatic rings.